The number of thiocarbonyl (C=S) groups is 1. The van der Waals surface area contributed by atoms with Crippen LogP contribution in [-0.2, 0) is 13.0 Å². The van der Waals surface area contributed by atoms with Gasteiger partial charge in [-0.05, 0) is 42.2 Å². The Balaban J connectivity index is 1.99. The number of hydrogen-bond acceptors (Lipinski definition) is 2. The van der Waals surface area contributed by atoms with Crippen LogP contribution in [0.25, 0.3) is 0 Å². The SMILES string of the molecule is Cc1ccc(C(N)=S)c(N2CCc3ccccc3C2)c1. The second-order valence-corrected chi connectivity index (χ2v) is 5.76. The van der Waals surface area contributed by atoms with Crippen molar-refractivity contribution in [2.45, 2.75) is 19.9 Å². The Morgan fingerprint density at radius 1 is 1.15 bits per heavy atom. The van der Waals surface area contributed by atoms with Gasteiger partial charge in [-0.25, -0.2) is 0 Å². The predicted molar refractivity (Wildman–Crippen MR) is 88.3 cm³/mol. The first-order valence-corrected chi connectivity index (χ1v) is 7.28. The van der Waals surface area contributed by atoms with E-state index in [4.69, 9.17) is 18.0 Å². The molecule has 1 aliphatic rings. The molecule has 20 heavy (non-hydrogen) atoms. The van der Waals surface area contributed by atoms with Crippen molar-refractivity contribution in [2.75, 3.05) is 11.4 Å². The maximum absolute atomic E-state index is 5.87. The van der Waals surface area contributed by atoms with Gasteiger partial charge in [0, 0.05) is 24.3 Å². The molecule has 0 aliphatic carbocycles. The van der Waals surface area contributed by atoms with Gasteiger partial charge in [0.25, 0.3) is 0 Å². The normalized spacial score (nSPS) is 13.9. The third kappa shape index (κ3) is 2.41. The lowest BCUT2D eigenvalue weighted by Crippen LogP contribution is -2.32. The van der Waals surface area contributed by atoms with Crippen LogP contribution in [0.4, 0.5) is 5.69 Å². The van der Waals surface area contributed by atoms with Gasteiger partial charge in [0.1, 0.15) is 4.99 Å². The van der Waals surface area contributed by atoms with E-state index in [-0.39, 0.29) is 0 Å². The maximum atomic E-state index is 5.87. The van der Waals surface area contributed by atoms with Crippen molar-refractivity contribution in [2.24, 2.45) is 5.73 Å². The van der Waals surface area contributed by atoms with Gasteiger partial charge in [-0.15, -0.1) is 0 Å². The van der Waals surface area contributed by atoms with Gasteiger partial charge in [-0.1, -0.05) is 42.5 Å². The molecule has 2 aromatic carbocycles. The van der Waals surface area contributed by atoms with E-state index >= 15 is 0 Å². The van der Waals surface area contributed by atoms with Gasteiger partial charge in [-0.2, -0.15) is 0 Å². The van der Waals surface area contributed by atoms with Crippen LogP contribution in [0, 0.1) is 6.92 Å². The molecule has 0 aromatic heterocycles. The van der Waals surface area contributed by atoms with E-state index in [9.17, 15) is 0 Å². The van der Waals surface area contributed by atoms with Gasteiger partial charge in [0.05, 0.1) is 0 Å². The minimum atomic E-state index is 0.471. The molecule has 0 atom stereocenters. The van der Waals surface area contributed by atoms with Crippen LogP contribution in [0.1, 0.15) is 22.3 Å². The van der Waals surface area contributed by atoms with Crippen LogP contribution >= 0.6 is 12.2 Å². The average molecular weight is 282 g/mol. The van der Waals surface area contributed by atoms with Crippen molar-refractivity contribution < 1.29 is 0 Å². The zero-order valence-electron chi connectivity index (χ0n) is 11.6. The fourth-order valence-electron chi connectivity index (χ4n) is 2.81. The fourth-order valence-corrected chi connectivity index (χ4v) is 2.99. The van der Waals surface area contributed by atoms with Crippen LogP contribution in [0.2, 0.25) is 0 Å². The lowest BCUT2D eigenvalue weighted by molar-refractivity contribution is 0.731. The summed E-state index contributed by atoms with van der Waals surface area (Å²) in [6.45, 7) is 4.04. The number of rotatable bonds is 2. The quantitative estimate of drug-likeness (QED) is 0.858. The first kappa shape index (κ1) is 13.1. The summed E-state index contributed by atoms with van der Waals surface area (Å²) >= 11 is 5.19. The molecule has 2 N–H and O–H groups in total. The van der Waals surface area contributed by atoms with E-state index in [1.807, 2.05) is 6.07 Å². The Morgan fingerprint density at radius 2 is 1.90 bits per heavy atom. The van der Waals surface area contributed by atoms with Gasteiger partial charge >= 0.3 is 0 Å². The number of nitrogens with two attached hydrogens (primary N) is 1. The number of aryl methyl sites for hydroxylation is 1. The number of hydrogen-bond donors (Lipinski definition) is 1. The molecule has 102 valence electrons. The van der Waals surface area contributed by atoms with E-state index in [2.05, 4.69) is 48.2 Å². The Labute approximate surface area is 125 Å². The Hall–Kier alpha value is -1.87. The van der Waals surface area contributed by atoms with Crippen LogP contribution in [0.5, 0.6) is 0 Å². The highest BCUT2D eigenvalue weighted by Crippen LogP contribution is 2.28. The van der Waals surface area contributed by atoms with Crippen molar-refractivity contribution in [3.63, 3.8) is 0 Å². The molecule has 0 saturated heterocycles. The summed E-state index contributed by atoms with van der Waals surface area (Å²) in [4.78, 5) is 2.85. The molecular formula is C17H18N2S. The van der Waals surface area contributed by atoms with E-state index in [1.165, 1.54) is 16.7 Å². The van der Waals surface area contributed by atoms with Crippen LogP contribution in [0.15, 0.2) is 42.5 Å². The van der Waals surface area contributed by atoms with Crippen LogP contribution in [0.3, 0.4) is 0 Å². The summed E-state index contributed by atoms with van der Waals surface area (Å²) in [5.74, 6) is 0. The maximum Gasteiger partial charge on any atom is 0.106 e. The van der Waals surface area contributed by atoms with Gasteiger partial charge in [-0.3, -0.25) is 0 Å². The largest absolute Gasteiger partial charge is 0.389 e. The van der Waals surface area contributed by atoms with E-state index < -0.39 is 0 Å². The van der Waals surface area contributed by atoms with Crippen molar-refractivity contribution in [1.29, 1.82) is 0 Å². The molecule has 1 aliphatic heterocycles. The van der Waals surface area contributed by atoms with Gasteiger partial charge < -0.3 is 10.6 Å². The molecule has 3 heteroatoms. The summed E-state index contributed by atoms with van der Waals surface area (Å²) in [7, 11) is 0. The highest BCUT2D eigenvalue weighted by atomic mass is 32.1. The van der Waals surface area contributed by atoms with E-state index in [0.717, 1.165) is 30.8 Å². The molecule has 0 radical (unpaired) electrons. The Bertz CT molecular complexity index is 664. The predicted octanol–water partition coefficient (Wildman–Crippen LogP) is 3.19. The van der Waals surface area contributed by atoms with Crippen LogP contribution in [-0.4, -0.2) is 11.5 Å². The zero-order chi connectivity index (χ0) is 14.1. The van der Waals surface area contributed by atoms with Crippen LogP contribution < -0.4 is 10.6 Å². The first-order chi connectivity index (χ1) is 9.65. The highest BCUT2D eigenvalue weighted by molar-refractivity contribution is 7.80. The smallest absolute Gasteiger partial charge is 0.106 e. The van der Waals surface area contributed by atoms with E-state index in [1.54, 1.807) is 0 Å². The molecule has 2 nitrogen and oxygen atoms in total. The first-order valence-electron chi connectivity index (χ1n) is 6.87. The monoisotopic (exact) mass is 282 g/mol. The standard InChI is InChI=1S/C17H18N2S/c1-12-6-7-15(17(18)20)16(10-12)19-9-8-13-4-2-3-5-14(13)11-19/h2-7,10H,8-9,11H2,1H3,(H2,18,20). The second-order valence-electron chi connectivity index (χ2n) is 5.33. The lowest BCUT2D eigenvalue weighted by Gasteiger charge is -2.32. The summed E-state index contributed by atoms with van der Waals surface area (Å²) in [5, 5.41) is 0. The molecule has 0 fully saturated rings. The van der Waals surface area contributed by atoms with Crippen molar-refractivity contribution in [3.8, 4) is 0 Å². The van der Waals surface area contributed by atoms with Crippen molar-refractivity contribution in [3.05, 3.63) is 64.7 Å². The topological polar surface area (TPSA) is 29.3 Å². The second kappa shape index (κ2) is 5.25. The van der Waals surface area contributed by atoms with Crippen molar-refractivity contribution in [1.82, 2.24) is 0 Å². The fraction of sp³-hybridized carbons (Fsp3) is 0.235. The Morgan fingerprint density at radius 3 is 2.65 bits per heavy atom. The number of nitrogens with zero attached hydrogens (tertiary/aromatic N) is 1. The molecule has 0 saturated carbocycles. The molecule has 0 spiro atoms. The Kier molecular flexibility index (Phi) is 3.45. The third-order valence-electron chi connectivity index (χ3n) is 3.89. The molecule has 0 bridgehead atoms. The van der Waals surface area contributed by atoms with Crippen molar-refractivity contribution >= 4 is 22.9 Å². The molecule has 1 heterocycles. The molecule has 2 aromatic rings. The molecular weight excluding hydrogens is 264 g/mol. The minimum Gasteiger partial charge on any atom is -0.389 e. The zero-order valence-corrected chi connectivity index (χ0v) is 12.4. The van der Waals surface area contributed by atoms with Gasteiger partial charge in [0.15, 0.2) is 0 Å². The van der Waals surface area contributed by atoms with E-state index in [0.29, 0.717) is 4.99 Å². The number of fused-ring (bicyclic) bond motifs is 1. The molecule has 0 unspecified atom stereocenters. The summed E-state index contributed by atoms with van der Waals surface area (Å²) < 4.78 is 0. The van der Waals surface area contributed by atoms with Gasteiger partial charge in [0.2, 0.25) is 0 Å². The number of anilines is 1. The summed E-state index contributed by atoms with van der Waals surface area (Å²) in [6, 6.07) is 14.9. The molecule has 3 rings (SSSR count). The average Bonchev–Trinajstić information content (AvgIpc) is 2.46. The minimum absolute atomic E-state index is 0.471. The highest BCUT2D eigenvalue weighted by Gasteiger charge is 2.19. The molecule has 0 amide bonds. The number of benzene rings is 2. The lowest BCUT2D eigenvalue weighted by atomic mass is 9.98. The third-order valence-corrected chi connectivity index (χ3v) is 4.11. The summed E-state index contributed by atoms with van der Waals surface area (Å²) in [6.07, 6.45) is 1.07. The summed E-state index contributed by atoms with van der Waals surface area (Å²) in [5.41, 5.74) is 12.1.